The highest BCUT2D eigenvalue weighted by Gasteiger charge is 2.24. The summed E-state index contributed by atoms with van der Waals surface area (Å²) in [6.07, 6.45) is 20.8. The van der Waals surface area contributed by atoms with Gasteiger partial charge >= 0.3 is 0 Å². The van der Waals surface area contributed by atoms with Crippen molar-refractivity contribution in [2.75, 3.05) is 0 Å². The van der Waals surface area contributed by atoms with E-state index >= 15 is 0 Å². The molecular formula is C34H55NO. The highest BCUT2D eigenvalue weighted by molar-refractivity contribution is 5.17. The quantitative estimate of drug-likeness (QED) is 0.165. The lowest BCUT2D eigenvalue weighted by atomic mass is 9.98. The summed E-state index contributed by atoms with van der Waals surface area (Å²) >= 11 is 0. The Labute approximate surface area is 223 Å². The lowest BCUT2D eigenvalue weighted by molar-refractivity contribution is 0.0304. The van der Waals surface area contributed by atoms with Crippen molar-refractivity contribution in [2.45, 2.75) is 142 Å². The molecule has 36 heavy (non-hydrogen) atoms. The molecule has 2 atom stereocenters. The van der Waals surface area contributed by atoms with Gasteiger partial charge in [0.25, 0.3) is 0 Å². The predicted molar refractivity (Wildman–Crippen MR) is 157 cm³/mol. The predicted octanol–water partition coefficient (Wildman–Crippen LogP) is 9.70. The third kappa shape index (κ3) is 13.6. The molecule has 0 saturated carbocycles. The van der Waals surface area contributed by atoms with Crippen molar-refractivity contribution in [3.05, 3.63) is 71.8 Å². The van der Waals surface area contributed by atoms with Crippen LogP contribution in [-0.4, -0.2) is 22.2 Å². The minimum atomic E-state index is -0.264. The van der Waals surface area contributed by atoms with Gasteiger partial charge in [-0.05, 0) is 24.0 Å². The monoisotopic (exact) mass is 493 g/mol. The summed E-state index contributed by atoms with van der Waals surface area (Å²) in [5, 5.41) is 11.2. The third-order valence-electron chi connectivity index (χ3n) is 7.64. The molecule has 0 saturated heterocycles. The van der Waals surface area contributed by atoms with E-state index in [0.29, 0.717) is 0 Å². The smallest absolute Gasteiger partial charge is 0.0695 e. The summed E-state index contributed by atoms with van der Waals surface area (Å²) in [7, 11) is 0. The summed E-state index contributed by atoms with van der Waals surface area (Å²) < 4.78 is 0. The molecule has 0 radical (unpaired) electrons. The van der Waals surface area contributed by atoms with Crippen LogP contribution in [0.5, 0.6) is 0 Å². The Balaban J connectivity index is 1.65. The second kappa shape index (κ2) is 20.4. The van der Waals surface area contributed by atoms with Crippen molar-refractivity contribution in [3.8, 4) is 0 Å². The van der Waals surface area contributed by atoms with Crippen LogP contribution in [0.2, 0.25) is 0 Å². The highest BCUT2D eigenvalue weighted by atomic mass is 16.3. The number of benzene rings is 2. The molecule has 2 heteroatoms. The Hall–Kier alpha value is -1.64. The van der Waals surface area contributed by atoms with Crippen LogP contribution in [0.3, 0.4) is 0 Å². The van der Waals surface area contributed by atoms with Crippen LogP contribution < -0.4 is 0 Å². The molecule has 0 spiro atoms. The fraction of sp³-hybridized carbons (Fsp3) is 0.647. The van der Waals surface area contributed by atoms with Gasteiger partial charge in [0.1, 0.15) is 0 Å². The van der Waals surface area contributed by atoms with Gasteiger partial charge in [0, 0.05) is 19.1 Å². The molecule has 2 nitrogen and oxygen atoms in total. The average Bonchev–Trinajstić information content (AvgIpc) is 2.90. The Morgan fingerprint density at radius 1 is 0.556 bits per heavy atom. The first-order valence-electron chi connectivity index (χ1n) is 15.2. The van der Waals surface area contributed by atoms with Gasteiger partial charge in [0.2, 0.25) is 0 Å². The molecule has 0 aliphatic heterocycles. The summed E-state index contributed by atoms with van der Waals surface area (Å²) in [6.45, 7) is 6.27. The molecule has 0 heterocycles. The van der Waals surface area contributed by atoms with Gasteiger partial charge in [-0.1, -0.05) is 164 Å². The summed E-state index contributed by atoms with van der Waals surface area (Å²) in [5.74, 6) is 0. The minimum absolute atomic E-state index is 0.187. The number of aliphatic hydroxyl groups is 1. The Kier molecular flexibility index (Phi) is 17.3. The molecule has 0 aromatic heterocycles. The molecule has 0 unspecified atom stereocenters. The van der Waals surface area contributed by atoms with E-state index in [-0.39, 0.29) is 12.1 Å². The SMILES string of the molecule is CCCCCCCCCCCCCCCC[C@@H](O)[C@H](CC)N(Cc1ccccc1)Cc1ccccc1. The standard InChI is InChI=1S/C34H55NO/c1-3-5-6-7-8-9-10-11-12-13-14-15-16-23-28-34(36)33(4-2)35(29-31-24-19-17-20-25-31)30-32-26-21-18-22-27-32/h17-22,24-27,33-34,36H,3-16,23,28-30H2,1-2H3/t33-,34+/m0/s1. The topological polar surface area (TPSA) is 23.5 Å². The normalized spacial score (nSPS) is 13.2. The molecule has 0 amide bonds. The van der Waals surface area contributed by atoms with E-state index in [1.165, 1.54) is 94.6 Å². The zero-order valence-electron chi connectivity index (χ0n) is 23.6. The van der Waals surface area contributed by atoms with Crippen molar-refractivity contribution < 1.29 is 5.11 Å². The number of aliphatic hydroxyl groups excluding tert-OH is 1. The van der Waals surface area contributed by atoms with Gasteiger partial charge in [0.05, 0.1) is 6.10 Å². The van der Waals surface area contributed by atoms with Crippen molar-refractivity contribution in [2.24, 2.45) is 0 Å². The molecular weight excluding hydrogens is 438 g/mol. The molecule has 2 aromatic carbocycles. The first kappa shape index (κ1) is 30.6. The van der Waals surface area contributed by atoms with Crippen molar-refractivity contribution in [1.29, 1.82) is 0 Å². The van der Waals surface area contributed by atoms with Gasteiger partial charge in [-0.15, -0.1) is 0 Å². The van der Waals surface area contributed by atoms with Crippen LogP contribution >= 0.6 is 0 Å². The van der Waals surface area contributed by atoms with Gasteiger partial charge < -0.3 is 5.11 Å². The van der Waals surface area contributed by atoms with Gasteiger partial charge in [-0.25, -0.2) is 0 Å². The lowest BCUT2D eigenvalue weighted by Gasteiger charge is -2.34. The largest absolute Gasteiger partial charge is 0.391 e. The second-order valence-corrected chi connectivity index (χ2v) is 10.8. The fourth-order valence-corrected chi connectivity index (χ4v) is 5.44. The third-order valence-corrected chi connectivity index (χ3v) is 7.64. The van der Waals surface area contributed by atoms with E-state index in [9.17, 15) is 5.11 Å². The maximum absolute atomic E-state index is 11.2. The van der Waals surface area contributed by atoms with E-state index in [0.717, 1.165) is 32.4 Å². The number of hydrogen-bond donors (Lipinski definition) is 1. The Bertz CT molecular complexity index is 690. The van der Waals surface area contributed by atoms with Crippen LogP contribution in [0.4, 0.5) is 0 Å². The van der Waals surface area contributed by atoms with Gasteiger partial charge in [-0.3, -0.25) is 4.90 Å². The first-order chi connectivity index (χ1) is 17.7. The van der Waals surface area contributed by atoms with Gasteiger partial charge in [-0.2, -0.15) is 0 Å². The molecule has 1 N–H and O–H groups in total. The zero-order chi connectivity index (χ0) is 25.7. The number of rotatable bonds is 22. The number of unbranched alkanes of at least 4 members (excludes halogenated alkanes) is 13. The van der Waals surface area contributed by atoms with Crippen LogP contribution in [0, 0.1) is 0 Å². The Morgan fingerprint density at radius 3 is 1.33 bits per heavy atom. The van der Waals surface area contributed by atoms with E-state index in [1.807, 2.05) is 0 Å². The molecule has 2 rings (SSSR count). The first-order valence-corrected chi connectivity index (χ1v) is 15.2. The van der Waals surface area contributed by atoms with E-state index in [4.69, 9.17) is 0 Å². The van der Waals surface area contributed by atoms with Crippen LogP contribution in [0.1, 0.15) is 128 Å². The number of nitrogens with zero attached hydrogens (tertiary/aromatic N) is 1. The molecule has 2 aromatic rings. The van der Waals surface area contributed by atoms with Crippen molar-refractivity contribution in [3.63, 3.8) is 0 Å². The van der Waals surface area contributed by atoms with E-state index in [1.54, 1.807) is 0 Å². The van der Waals surface area contributed by atoms with Crippen LogP contribution in [-0.2, 0) is 13.1 Å². The van der Waals surface area contributed by atoms with E-state index in [2.05, 4.69) is 79.4 Å². The van der Waals surface area contributed by atoms with Crippen LogP contribution in [0.25, 0.3) is 0 Å². The summed E-state index contributed by atoms with van der Waals surface area (Å²) in [5.41, 5.74) is 2.63. The maximum atomic E-state index is 11.2. The summed E-state index contributed by atoms with van der Waals surface area (Å²) in [6, 6.07) is 21.6. The minimum Gasteiger partial charge on any atom is -0.391 e. The van der Waals surface area contributed by atoms with Crippen molar-refractivity contribution >= 4 is 0 Å². The van der Waals surface area contributed by atoms with Crippen molar-refractivity contribution in [1.82, 2.24) is 4.90 Å². The Morgan fingerprint density at radius 2 is 0.944 bits per heavy atom. The fourth-order valence-electron chi connectivity index (χ4n) is 5.44. The molecule has 0 aliphatic carbocycles. The van der Waals surface area contributed by atoms with Crippen LogP contribution in [0.15, 0.2) is 60.7 Å². The maximum Gasteiger partial charge on any atom is 0.0695 e. The van der Waals surface area contributed by atoms with E-state index < -0.39 is 0 Å². The lowest BCUT2D eigenvalue weighted by Crippen LogP contribution is -2.42. The molecule has 0 bridgehead atoms. The zero-order valence-corrected chi connectivity index (χ0v) is 23.6. The average molecular weight is 494 g/mol. The summed E-state index contributed by atoms with van der Waals surface area (Å²) in [4.78, 5) is 2.49. The molecule has 202 valence electrons. The molecule has 0 fully saturated rings. The molecule has 0 aliphatic rings. The van der Waals surface area contributed by atoms with Gasteiger partial charge in [0.15, 0.2) is 0 Å². The highest BCUT2D eigenvalue weighted by Crippen LogP contribution is 2.21. The second-order valence-electron chi connectivity index (χ2n) is 10.8. The number of hydrogen-bond acceptors (Lipinski definition) is 2.